The maximum atomic E-state index is 12.7. The van der Waals surface area contributed by atoms with E-state index in [-0.39, 0.29) is 18.2 Å². The van der Waals surface area contributed by atoms with Crippen LogP contribution in [0.2, 0.25) is 0 Å². The molecule has 1 aliphatic heterocycles. The zero-order valence-corrected chi connectivity index (χ0v) is 13.9. The average Bonchev–Trinajstić information content (AvgIpc) is 2.77. The van der Waals surface area contributed by atoms with E-state index >= 15 is 0 Å². The number of anilines is 2. The van der Waals surface area contributed by atoms with Crippen LogP contribution in [0, 0.1) is 13.8 Å². The molecule has 0 spiro atoms. The van der Waals surface area contributed by atoms with Gasteiger partial charge in [-0.1, -0.05) is 12.1 Å². The molecule has 2 N–H and O–H groups in total. The van der Waals surface area contributed by atoms with Gasteiger partial charge in [0.2, 0.25) is 11.8 Å². The highest BCUT2D eigenvalue weighted by atomic mass is 32.2. The average molecular weight is 326 g/mol. The van der Waals surface area contributed by atoms with Gasteiger partial charge in [-0.15, -0.1) is 11.8 Å². The molecule has 5 heteroatoms. The Morgan fingerprint density at radius 3 is 2.57 bits per heavy atom. The molecule has 0 radical (unpaired) electrons. The molecule has 0 saturated carbocycles. The van der Waals surface area contributed by atoms with Gasteiger partial charge in [0.15, 0.2) is 0 Å². The number of aryl methyl sites for hydroxylation is 2. The number of hydrogen-bond donors (Lipinski definition) is 1. The van der Waals surface area contributed by atoms with E-state index in [2.05, 4.69) is 0 Å². The topological polar surface area (TPSA) is 63.4 Å². The lowest BCUT2D eigenvalue weighted by Gasteiger charge is -2.16. The normalized spacial score (nSPS) is 17.8. The number of imide groups is 1. The third kappa shape index (κ3) is 3.10. The number of rotatable bonds is 3. The van der Waals surface area contributed by atoms with Crippen molar-refractivity contribution in [3.63, 3.8) is 0 Å². The van der Waals surface area contributed by atoms with E-state index in [1.54, 1.807) is 6.07 Å². The summed E-state index contributed by atoms with van der Waals surface area (Å²) in [4.78, 5) is 27.2. The fourth-order valence-corrected chi connectivity index (χ4v) is 3.71. The molecule has 2 amide bonds. The van der Waals surface area contributed by atoms with E-state index in [1.165, 1.54) is 16.7 Å². The minimum Gasteiger partial charge on any atom is -0.399 e. The van der Waals surface area contributed by atoms with E-state index in [0.717, 1.165) is 16.0 Å². The van der Waals surface area contributed by atoms with E-state index < -0.39 is 5.25 Å². The van der Waals surface area contributed by atoms with Crippen molar-refractivity contribution in [3.05, 3.63) is 53.6 Å². The minimum atomic E-state index is -0.397. The van der Waals surface area contributed by atoms with Crippen LogP contribution in [0.3, 0.4) is 0 Å². The van der Waals surface area contributed by atoms with E-state index in [0.29, 0.717) is 11.4 Å². The third-order valence-electron chi connectivity index (χ3n) is 3.99. The minimum absolute atomic E-state index is 0.153. The lowest BCUT2D eigenvalue weighted by molar-refractivity contribution is -0.121. The number of nitrogen functional groups attached to an aromatic ring is 1. The van der Waals surface area contributed by atoms with E-state index in [1.807, 2.05) is 50.2 Å². The molecule has 1 heterocycles. The summed E-state index contributed by atoms with van der Waals surface area (Å²) >= 11 is 1.39. The Kier molecular flexibility index (Phi) is 4.13. The van der Waals surface area contributed by atoms with Crippen LogP contribution in [-0.4, -0.2) is 17.1 Å². The number of nitrogens with two attached hydrogens (primary N) is 1. The highest BCUT2D eigenvalue weighted by Gasteiger charge is 2.40. The Bertz CT molecular complexity index is 788. The molecular formula is C18H18N2O2S. The van der Waals surface area contributed by atoms with Gasteiger partial charge in [0.05, 0.1) is 10.9 Å². The van der Waals surface area contributed by atoms with E-state index in [9.17, 15) is 9.59 Å². The Hall–Kier alpha value is -2.27. The molecule has 1 atom stereocenters. The largest absolute Gasteiger partial charge is 0.399 e. The fourth-order valence-electron chi connectivity index (χ4n) is 2.58. The second kappa shape index (κ2) is 6.08. The number of thioether (sulfide) groups is 1. The molecule has 3 rings (SSSR count). The second-order valence-corrected chi connectivity index (χ2v) is 7.00. The van der Waals surface area contributed by atoms with Crippen molar-refractivity contribution in [1.29, 1.82) is 0 Å². The number of carbonyl (C=O) groups excluding carboxylic acids is 2. The molecular weight excluding hydrogens is 308 g/mol. The molecule has 2 aromatic carbocycles. The van der Waals surface area contributed by atoms with Gasteiger partial charge in [-0.3, -0.25) is 9.59 Å². The van der Waals surface area contributed by atoms with Crippen molar-refractivity contribution in [1.82, 2.24) is 0 Å². The van der Waals surface area contributed by atoms with Crippen LogP contribution in [-0.2, 0) is 9.59 Å². The fraction of sp³-hybridized carbons (Fsp3) is 0.222. The molecule has 4 nitrogen and oxygen atoms in total. The van der Waals surface area contributed by atoms with Gasteiger partial charge in [0.1, 0.15) is 0 Å². The van der Waals surface area contributed by atoms with Crippen LogP contribution in [0.1, 0.15) is 17.5 Å². The zero-order chi connectivity index (χ0) is 16.6. The molecule has 23 heavy (non-hydrogen) atoms. The van der Waals surface area contributed by atoms with Crippen molar-refractivity contribution in [2.24, 2.45) is 0 Å². The van der Waals surface area contributed by atoms with Crippen molar-refractivity contribution >= 4 is 35.0 Å². The summed E-state index contributed by atoms with van der Waals surface area (Å²) in [6.07, 6.45) is 0.214. The van der Waals surface area contributed by atoms with Crippen LogP contribution in [0.15, 0.2) is 47.4 Å². The summed E-state index contributed by atoms with van der Waals surface area (Å²) in [7, 11) is 0. The second-order valence-electron chi connectivity index (χ2n) is 5.72. The molecule has 1 fully saturated rings. The molecule has 0 bridgehead atoms. The van der Waals surface area contributed by atoms with Crippen LogP contribution in [0.5, 0.6) is 0 Å². The first kappa shape index (κ1) is 15.6. The quantitative estimate of drug-likeness (QED) is 0.694. The van der Waals surface area contributed by atoms with Gasteiger partial charge in [-0.2, -0.15) is 0 Å². The number of benzene rings is 2. The smallest absolute Gasteiger partial charge is 0.247 e. The summed E-state index contributed by atoms with van der Waals surface area (Å²) in [5.74, 6) is -0.315. The molecule has 2 aromatic rings. The number of nitrogens with zero attached hydrogens (tertiary/aromatic N) is 1. The number of carbonyl (C=O) groups is 2. The van der Waals surface area contributed by atoms with Gasteiger partial charge in [0.25, 0.3) is 0 Å². The van der Waals surface area contributed by atoms with Gasteiger partial charge in [0, 0.05) is 17.0 Å². The summed E-state index contributed by atoms with van der Waals surface area (Å²) in [6.45, 7) is 3.98. The Morgan fingerprint density at radius 2 is 1.87 bits per heavy atom. The van der Waals surface area contributed by atoms with Crippen LogP contribution >= 0.6 is 11.8 Å². The molecule has 1 aliphatic rings. The Morgan fingerprint density at radius 1 is 1.09 bits per heavy atom. The standard InChI is InChI=1S/C18H18N2O2S/c1-11-6-7-14(8-12(11)2)20-17(21)10-16(18(20)22)23-15-5-3-4-13(19)9-15/h3-9,16H,10,19H2,1-2H3. The van der Waals surface area contributed by atoms with E-state index in [4.69, 9.17) is 5.73 Å². The van der Waals surface area contributed by atoms with Crippen LogP contribution in [0.4, 0.5) is 11.4 Å². The van der Waals surface area contributed by atoms with Gasteiger partial charge in [-0.25, -0.2) is 4.90 Å². The van der Waals surface area contributed by atoms with Gasteiger partial charge >= 0.3 is 0 Å². The Balaban J connectivity index is 1.83. The van der Waals surface area contributed by atoms with Gasteiger partial charge in [-0.05, 0) is 55.3 Å². The van der Waals surface area contributed by atoms with Crippen molar-refractivity contribution in [2.45, 2.75) is 30.4 Å². The SMILES string of the molecule is Cc1ccc(N2C(=O)CC(Sc3cccc(N)c3)C2=O)cc1C. The summed E-state index contributed by atoms with van der Waals surface area (Å²) < 4.78 is 0. The van der Waals surface area contributed by atoms with Crippen molar-refractivity contribution in [2.75, 3.05) is 10.6 Å². The molecule has 0 aliphatic carbocycles. The number of hydrogen-bond acceptors (Lipinski definition) is 4. The predicted octanol–water partition coefficient (Wildman–Crippen LogP) is 3.31. The molecule has 118 valence electrons. The molecule has 0 aromatic heterocycles. The van der Waals surface area contributed by atoms with Crippen molar-refractivity contribution < 1.29 is 9.59 Å². The zero-order valence-electron chi connectivity index (χ0n) is 13.1. The summed E-state index contributed by atoms with van der Waals surface area (Å²) in [6, 6.07) is 13.0. The molecule has 1 unspecified atom stereocenters. The lowest BCUT2D eigenvalue weighted by atomic mass is 10.1. The maximum Gasteiger partial charge on any atom is 0.247 e. The first-order valence-electron chi connectivity index (χ1n) is 7.42. The lowest BCUT2D eigenvalue weighted by Crippen LogP contribution is -2.31. The molecule has 1 saturated heterocycles. The maximum absolute atomic E-state index is 12.7. The predicted molar refractivity (Wildman–Crippen MR) is 93.5 cm³/mol. The van der Waals surface area contributed by atoms with Crippen LogP contribution in [0.25, 0.3) is 0 Å². The Labute approximate surface area is 139 Å². The summed E-state index contributed by atoms with van der Waals surface area (Å²) in [5.41, 5.74) is 9.27. The third-order valence-corrected chi connectivity index (χ3v) is 5.17. The highest BCUT2D eigenvalue weighted by Crippen LogP contribution is 2.34. The number of amides is 2. The van der Waals surface area contributed by atoms with Gasteiger partial charge < -0.3 is 5.73 Å². The first-order chi connectivity index (χ1) is 11.0. The first-order valence-corrected chi connectivity index (χ1v) is 8.30. The monoisotopic (exact) mass is 326 g/mol. The van der Waals surface area contributed by atoms with Crippen molar-refractivity contribution in [3.8, 4) is 0 Å². The summed E-state index contributed by atoms with van der Waals surface area (Å²) in [5, 5.41) is -0.397. The van der Waals surface area contributed by atoms with Crippen LogP contribution < -0.4 is 10.6 Å². The highest BCUT2D eigenvalue weighted by molar-refractivity contribution is 8.00.